The average molecular weight is 632 g/mol. The standard InChI is InChI=1S/C35H38ClN3O4S/c1-4-29-15-11-12-18-32(29)39(44(42,43)31-16-9-6-10-17-31)25-34(40)38(24-28-19-21-30(36)22-20-28)33(35(41)37-26(2)3)23-27-13-7-5-8-14-27/h5-22,26,33H,4,23-25H2,1-3H3,(H,37,41)/t33-/m1/s1. The van der Waals surface area contributed by atoms with Crippen molar-refractivity contribution in [3.05, 3.63) is 131 Å². The van der Waals surface area contributed by atoms with Crippen LogP contribution in [0.3, 0.4) is 0 Å². The van der Waals surface area contributed by atoms with E-state index in [1.54, 1.807) is 54.6 Å². The van der Waals surface area contributed by atoms with Crippen LogP contribution >= 0.6 is 11.6 Å². The maximum Gasteiger partial charge on any atom is 0.264 e. The fourth-order valence-electron chi connectivity index (χ4n) is 5.01. The smallest absolute Gasteiger partial charge is 0.264 e. The number of sulfonamides is 1. The highest BCUT2D eigenvalue weighted by Crippen LogP contribution is 2.28. The minimum absolute atomic E-state index is 0.0707. The van der Waals surface area contributed by atoms with Crippen LogP contribution in [0.25, 0.3) is 0 Å². The highest BCUT2D eigenvalue weighted by Gasteiger charge is 2.35. The van der Waals surface area contributed by atoms with E-state index in [-0.39, 0.29) is 29.8 Å². The number of nitrogens with one attached hydrogen (secondary N) is 1. The van der Waals surface area contributed by atoms with Crippen molar-refractivity contribution in [2.24, 2.45) is 0 Å². The molecule has 9 heteroatoms. The molecule has 1 N–H and O–H groups in total. The largest absolute Gasteiger partial charge is 0.352 e. The first-order valence-electron chi connectivity index (χ1n) is 14.6. The third kappa shape index (κ3) is 8.27. The lowest BCUT2D eigenvalue weighted by Gasteiger charge is -2.34. The third-order valence-electron chi connectivity index (χ3n) is 7.22. The quantitative estimate of drug-likeness (QED) is 0.189. The molecule has 4 aromatic carbocycles. The van der Waals surface area contributed by atoms with Gasteiger partial charge in [-0.3, -0.25) is 13.9 Å². The Morgan fingerprint density at radius 1 is 0.795 bits per heavy atom. The van der Waals surface area contributed by atoms with Crippen LogP contribution in [-0.4, -0.2) is 43.8 Å². The van der Waals surface area contributed by atoms with E-state index >= 15 is 0 Å². The van der Waals surface area contributed by atoms with Gasteiger partial charge in [0.15, 0.2) is 0 Å². The Labute approximate surface area is 265 Å². The number of carbonyl (C=O) groups excluding carboxylic acids is 2. The monoisotopic (exact) mass is 631 g/mol. The van der Waals surface area contributed by atoms with Crippen LogP contribution in [0, 0.1) is 0 Å². The number of aryl methyl sites for hydroxylation is 1. The number of rotatable bonds is 13. The topological polar surface area (TPSA) is 86.8 Å². The molecule has 4 rings (SSSR count). The Kier molecular flexibility index (Phi) is 11.2. The minimum Gasteiger partial charge on any atom is -0.352 e. The second kappa shape index (κ2) is 15.0. The predicted molar refractivity (Wildman–Crippen MR) is 176 cm³/mol. The number of amides is 2. The van der Waals surface area contributed by atoms with E-state index in [4.69, 9.17) is 11.6 Å². The van der Waals surface area contributed by atoms with E-state index in [1.165, 1.54) is 17.0 Å². The molecule has 0 aromatic heterocycles. The van der Waals surface area contributed by atoms with Crippen molar-refractivity contribution in [2.45, 2.75) is 57.1 Å². The molecular weight excluding hydrogens is 594 g/mol. The molecule has 7 nitrogen and oxygen atoms in total. The second-order valence-corrected chi connectivity index (χ2v) is 13.1. The summed E-state index contributed by atoms with van der Waals surface area (Å²) in [4.78, 5) is 29.8. The number of anilines is 1. The van der Waals surface area contributed by atoms with Crippen molar-refractivity contribution in [3.63, 3.8) is 0 Å². The summed E-state index contributed by atoms with van der Waals surface area (Å²) < 4.78 is 29.5. The van der Waals surface area contributed by atoms with E-state index in [1.807, 2.05) is 63.2 Å². The molecule has 2 amide bonds. The van der Waals surface area contributed by atoms with Crippen molar-refractivity contribution in [2.75, 3.05) is 10.8 Å². The highest BCUT2D eigenvalue weighted by molar-refractivity contribution is 7.92. The Morgan fingerprint density at radius 2 is 1.39 bits per heavy atom. The van der Waals surface area contributed by atoms with E-state index in [0.717, 1.165) is 21.0 Å². The zero-order valence-electron chi connectivity index (χ0n) is 25.2. The molecule has 0 unspecified atom stereocenters. The van der Waals surface area contributed by atoms with Gasteiger partial charge < -0.3 is 10.2 Å². The number of halogens is 1. The summed E-state index contributed by atoms with van der Waals surface area (Å²) in [6.07, 6.45) is 0.808. The van der Waals surface area contributed by atoms with Crippen molar-refractivity contribution >= 4 is 39.1 Å². The van der Waals surface area contributed by atoms with Crippen LogP contribution in [0.5, 0.6) is 0 Å². The number of nitrogens with zero attached hydrogens (tertiary/aromatic N) is 2. The van der Waals surface area contributed by atoms with Crippen LogP contribution in [-0.2, 0) is 39.0 Å². The van der Waals surface area contributed by atoms with Crippen molar-refractivity contribution in [1.82, 2.24) is 10.2 Å². The van der Waals surface area contributed by atoms with Gasteiger partial charge in [-0.2, -0.15) is 0 Å². The van der Waals surface area contributed by atoms with Gasteiger partial charge in [0.2, 0.25) is 11.8 Å². The van der Waals surface area contributed by atoms with Gasteiger partial charge in [-0.15, -0.1) is 0 Å². The van der Waals surface area contributed by atoms with Gasteiger partial charge in [-0.1, -0.05) is 97.4 Å². The minimum atomic E-state index is -4.15. The number of para-hydroxylation sites is 1. The van der Waals surface area contributed by atoms with Crippen molar-refractivity contribution in [3.8, 4) is 0 Å². The first kappa shape index (κ1) is 32.8. The fourth-order valence-corrected chi connectivity index (χ4v) is 6.61. The normalized spacial score (nSPS) is 12.0. The molecule has 230 valence electrons. The lowest BCUT2D eigenvalue weighted by Crippen LogP contribution is -2.54. The summed E-state index contributed by atoms with van der Waals surface area (Å²) in [7, 11) is -4.15. The Morgan fingerprint density at radius 3 is 2.00 bits per heavy atom. The summed E-state index contributed by atoms with van der Waals surface area (Å²) in [6.45, 7) is 5.24. The highest BCUT2D eigenvalue weighted by atomic mass is 35.5. The Bertz CT molecular complexity index is 1650. The maximum atomic E-state index is 14.5. The maximum absolute atomic E-state index is 14.5. The first-order chi connectivity index (χ1) is 21.1. The van der Waals surface area contributed by atoms with Crippen molar-refractivity contribution in [1.29, 1.82) is 0 Å². The SMILES string of the molecule is CCc1ccccc1N(CC(=O)N(Cc1ccc(Cl)cc1)[C@H](Cc1ccccc1)C(=O)NC(C)C)S(=O)(=O)c1ccccc1. The van der Waals surface area contributed by atoms with Gasteiger partial charge in [0.25, 0.3) is 10.0 Å². The molecule has 0 saturated carbocycles. The number of hydrogen-bond acceptors (Lipinski definition) is 4. The summed E-state index contributed by atoms with van der Waals surface area (Å²) >= 11 is 6.14. The van der Waals surface area contributed by atoms with Crippen LogP contribution in [0.4, 0.5) is 5.69 Å². The Balaban J connectivity index is 1.82. The van der Waals surface area contributed by atoms with Crippen LogP contribution in [0.1, 0.15) is 37.5 Å². The molecule has 0 saturated heterocycles. The zero-order valence-corrected chi connectivity index (χ0v) is 26.8. The van der Waals surface area contributed by atoms with Crippen LogP contribution in [0.2, 0.25) is 5.02 Å². The molecule has 0 heterocycles. The third-order valence-corrected chi connectivity index (χ3v) is 9.25. The fraction of sp³-hybridized carbons (Fsp3) is 0.257. The van der Waals surface area contributed by atoms with Crippen LogP contribution < -0.4 is 9.62 Å². The molecule has 0 aliphatic carbocycles. The van der Waals surface area contributed by atoms with Gasteiger partial charge in [0.05, 0.1) is 10.6 Å². The molecule has 0 aliphatic heterocycles. The summed E-state index contributed by atoms with van der Waals surface area (Å²) in [5.41, 5.74) is 2.83. The number of benzene rings is 4. The molecule has 0 radical (unpaired) electrons. The molecule has 0 fully saturated rings. The molecular formula is C35H38ClN3O4S. The average Bonchev–Trinajstić information content (AvgIpc) is 3.02. The molecule has 0 spiro atoms. The molecule has 0 bridgehead atoms. The lowest BCUT2D eigenvalue weighted by molar-refractivity contribution is -0.140. The molecule has 0 aliphatic rings. The molecule has 1 atom stereocenters. The zero-order chi connectivity index (χ0) is 31.7. The number of carbonyl (C=O) groups is 2. The predicted octanol–water partition coefficient (Wildman–Crippen LogP) is 6.26. The van der Waals surface area contributed by atoms with Gasteiger partial charge in [-0.25, -0.2) is 8.42 Å². The van der Waals surface area contributed by atoms with Crippen molar-refractivity contribution < 1.29 is 18.0 Å². The summed E-state index contributed by atoms with van der Waals surface area (Å²) in [5, 5.41) is 3.51. The Hall–Kier alpha value is -4.14. The lowest BCUT2D eigenvalue weighted by atomic mass is 10.0. The summed E-state index contributed by atoms with van der Waals surface area (Å²) in [6, 6.07) is 30.7. The second-order valence-electron chi connectivity index (χ2n) is 10.8. The van der Waals surface area contributed by atoms with E-state index in [0.29, 0.717) is 17.1 Å². The first-order valence-corrected chi connectivity index (χ1v) is 16.5. The van der Waals surface area contributed by atoms with E-state index < -0.39 is 28.5 Å². The van der Waals surface area contributed by atoms with E-state index in [9.17, 15) is 18.0 Å². The van der Waals surface area contributed by atoms with Gasteiger partial charge in [0, 0.05) is 24.0 Å². The van der Waals surface area contributed by atoms with Gasteiger partial charge in [-0.05, 0) is 67.3 Å². The van der Waals surface area contributed by atoms with Gasteiger partial charge in [0.1, 0.15) is 12.6 Å². The van der Waals surface area contributed by atoms with Gasteiger partial charge >= 0.3 is 0 Å². The van der Waals surface area contributed by atoms with Crippen LogP contribution in [0.15, 0.2) is 114 Å². The summed E-state index contributed by atoms with van der Waals surface area (Å²) in [5.74, 6) is -0.831. The number of hydrogen-bond donors (Lipinski definition) is 1. The molecule has 4 aromatic rings. The molecule has 44 heavy (non-hydrogen) atoms. The van der Waals surface area contributed by atoms with E-state index in [2.05, 4.69) is 5.32 Å².